The van der Waals surface area contributed by atoms with Gasteiger partial charge in [-0.3, -0.25) is 19.7 Å². The maximum Gasteiger partial charge on any atom is 0.303 e. The van der Waals surface area contributed by atoms with E-state index in [0.29, 0.717) is 19.4 Å². The average molecular weight is 266 g/mol. The molecule has 1 amide bonds. The predicted octanol–water partition coefficient (Wildman–Crippen LogP) is 1.58. The highest BCUT2D eigenvalue weighted by atomic mass is 16.6. The smallest absolute Gasteiger partial charge is 0.303 e. The summed E-state index contributed by atoms with van der Waals surface area (Å²) in [6.07, 6.45) is 1.09. The van der Waals surface area contributed by atoms with E-state index < -0.39 is 16.8 Å². The minimum atomic E-state index is -0.870. The van der Waals surface area contributed by atoms with Crippen molar-refractivity contribution in [2.24, 2.45) is 0 Å². The van der Waals surface area contributed by atoms with Crippen LogP contribution in [0.25, 0.3) is 0 Å². The molecular weight excluding hydrogens is 252 g/mol. The van der Waals surface area contributed by atoms with Gasteiger partial charge < -0.3 is 10.4 Å². The average Bonchev–Trinajstić information content (AvgIpc) is 2.37. The van der Waals surface area contributed by atoms with Crippen molar-refractivity contribution in [3.63, 3.8) is 0 Å². The summed E-state index contributed by atoms with van der Waals surface area (Å²) < 4.78 is 0. The van der Waals surface area contributed by atoms with Crippen LogP contribution in [0.4, 0.5) is 5.69 Å². The third-order valence-electron chi connectivity index (χ3n) is 2.42. The summed E-state index contributed by atoms with van der Waals surface area (Å²) in [6, 6.07) is 5.44. The molecule has 0 unspecified atom stereocenters. The molecule has 7 heteroatoms. The zero-order valence-corrected chi connectivity index (χ0v) is 10.2. The second-order valence-corrected chi connectivity index (χ2v) is 3.91. The van der Waals surface area contributed by atoms with E-state index in [2.05, 4.69) is 5.32 Å². The van der Waals surface area contributed by atoms with Crippen molar-refractivity contribution in [2.45, 2.75) is 19.3 Å². The van der Waals surface area contributed by atoms with Gasteiger partial charge in [-0.2, -0.15) is 0 Å². The van der Waals surface area contributed by atoms with Crippen molar-refractivity contribution in [1.29, 1.82) is 0 Å². The lowest BCUT2D eigenvalue weighted by atomic mass is 10.2. The number of nitrogens with one attached hydrogen (secondary N) is 1. The number of amides is 1. The standard InChI is InChI=1S/C12H14N2O5/c15-11(16)6-1-2-7-13-12(17)9-4-3-5-10(8-9)14(18)19/h3-5,8H,1-2,6-7H2,(H,13,17)(H,15,16). The molecule has 1 aromatic rings. The van der Waals surface area contributed by atoms with Gasteiger partial charge in [-0.1, -0.05) is 6.07 Å². The van der Waals surface area contributed by atoms with Gasteiger partial charge in [-0.15, -0.1) is 0 Å². The van der Waals surface area contributed by atoms with Crippen molar-refractivity contribution in [1.82, 2.24) is 5.32 Å². The van der Waals surface area contributed by atoms with Crippen molar-refractivity contribution in [3.05, 3.63) is 39.9 Å². The highest BCUT2D eigenvalue weighted by molar-refractivity contribution is 5.94. The second-order valence-electron chi connectivity index (χ2n) is 3.91. The molecule has 0 atom stereocenters. The van der Waals surface area contributed by atoms with Gasteiger partial charge in [0.25, 0.3) is 11.6 Å². The normalized spacial score (nSPS) is 9.89. The van der Waals surface area contributed by atoms with Gasteiger partial charge in [-0.25, -0.2) is 0 Å². The number of aliphatic carboxylic acids is 1. The van der Waals surface area contributed by atoms with Crippen LogP contribution in [0.3, 0.4) is 0 Å². The van der Waals surface area contributed by atoms with Gasteiger partial charge in [0.05, 0.1) is 4.92 Å². The number of nitrogens with zero attached hydrogens (tertiary/aromatic N) is 1. The number of carbonyl (C=O) groups excluding carboxylic acids is 1. The van der Waals surface area contributed by atoms with Crippen molar-refractivity contribution in [3.8, 4) is 0 Å². The number of nitro groups is 1. The number of rotatable bonds is 7. The lowest BCUT2D eigenvalue weighted by Gasteiger charge is -2.04. The predicted molar refractivity (Wildman–Crippen MR) is 66.9 cm³/mol. The molecule has 1 aromatic carbocycles. The van der Waals surface area contributed by atoms with E-state index in [1.54, 1.807) is 0 Å². The molecule has 0 saturated heterocycles. The Hall–Kier alpha value is -2.44. The molecule has 0 bridgehead atoms. The highest BCUT2D eigenvalue weighted by Gasteiger charge is 2.10. The monoisotopic (exact) mass is 266 g/mol. The number of hydrogen-bond acceptors (Lipinski definition) is 4. The molecule has 1 rings (SSSR count). The zero-order valence-electron chi connectivity index (χ0n) is 10.2. The van der Waals surface area contributed by atoms with E-state index in [9.17, 15) is 19.7 Å². The number of non-ortho nitro benzene ring substituents is 1. The van der Waals surface area contributed by atoms with Gasteiger partial charge in [0.2, 0.25) is 0 Å². The molecule has 19 heavy (non-hydrogen) atoms. The van der Waals surface area contributed by atoms with Crippen LogP contribution >= 0.6 is 0 Å². The van der Waals surface area contributed by atoms with Crippen LogP contribution in [0.2, 0.25) is 0 Å². The number of benzene rings is 1. The Bertz CT molecular complexity index is 487. The summed E-state index contributed by atoms with van der Waals surface area (Å²) in [7, 11) is 0. The molecule has 7 nitrogen and oxygen atoms in total. The Balaban J connectivity index is 2.43. The Morgan fingerprint density at radius 2 is 2.05 bits per heavy atom. The molecule has 0 aliphatic heterocycles. The Morgan fingerprint density at radius 3 is 2.68 bits per heavy atom. The maximum atomic E-state index is 11.7. The first-order chi connectivity index (χ1) is 9.00. The second kappa shape index (κ2) is 7.10. The van der Waals surface area contributed by atoms with Gasteiger partial charge >= 0.3 is 5.97 Å². The number of hydrogen-bond donors (Lipinski definition) is 2. The summed E-state index contributed by atoms with van der Waals surface area (Å²) in [4.78, 5) is 31.9. The topological polar surface area (TPSA) is 110 Å². The minimum absolute atomic E-state index is 0.0622. The fourth-order valence-corrected chi connectivity index (χ4v) is 1.47. The Morgan fingerprint density at radius 1 is 1.32 bits per heavy atom. The molecule has 0 spiro atoms. The highest BCUT2D eigenvalue weighted by Crippen LogP contribution is 2.12. The summed E-state index contributed by atoms with van der Waals surface area (Å²) in [5, 5.41) is 21.6. The van der Waals surface area contributed by atoms with Gasteiger partial charge in [0.1, 0.15) is 0 Å². The van der Waals surface area contributed by atoms with E-state index in [1.807, 2.05) is 0 Å². The molecule has 0 saturated carbocycles. The number of unbranched alkanes of at least 4 members (excludes halogenated alkanes) is 1. The van der Waals surface area contributed by atoms with E-state index in [0.717, 1.165) is 0 Å². The number of nitro benzene ring substituents is 1. The van der Waals surface area contributed by atoms with Crippen LogP contribution in [0.5, 0.6) is 0 Å². The number of carboxylic acids is 1. The third kappa shape index (κ3) is 5.15. The largest absolute Gasteiger partial charge is 0.481 e. The lowest BCUT2D eigenvalue weighted by molar-refractivity contribution is -0.384. The Labute approximate surface area is 109 Å². The van der Waals surface area contributed by atoms with E-state index in [1.165, 1.54) is 24.3 Å². The van der Waals surface area contributed by atoms with Crippen molar-refractivity contribution in [2.75, 3.05) is 6.54 Å². The van der Waals surface area contributed by atoms with E-state index >= 15 is 0 Å². The Kier molecular flexibility index (Phi) is 5.46. The number of carbonyl (C=O) groups is 2. The molecule has 0 fully saturated rings. The SMILES string of the molecule is O=C(O)CCCCNC(=O)c1cccc([N+](=O)[O-])c1. The summed E-state index contributed by atoms with van der Waals surface area (Å²) in [5.74, 6) is -1.27. The van der Waals surface area contributed by atoms with Crippen molar-refractivity contribution < 1.29 is 19.6 Å². The van der Waals surface area contributed by atoms with Crippen LogP contribution in [0.15, 0.2) is 24.3 Å². The molecule has 0 aromatic heterocycles. The van der Waals surface area contributed by atoms with Crippen LogP contribution in [0.1, 0.15) is 29.6 Å². The minimum Gasteiger partial charge on any atom is -0.481 e. The van der Waals surface area contributed by atoms with E-state index in [-0.39, 0.29) is 17.7 Å². The quantitative estimate of drug-likeness (QED) is 0.442. The van der Waals surface area contributed by atoms with Crippen LogP contribution in [-0.2, 0) is 4.79 Å². The maximum absolute atomic E-state index is 11.7. The van der Waals surface area contributed by atoms with Crippen LogP contribution in [0, 0.1) is 10.1 Å². The van der Waals surface area contributed by atoms with E-state index in [4.69, 9.17) is 5.11 Å². The first-order valence-electron chi connectivity index (χ1n) is 5.75. The molecule has 102 valence electrons. The lowest BCUT2D eigenvalue weighted by Crippen LogP contribution is -2.24. The van der Waals surface area contributed by atoms with Gasteiger partial charge in [0, 0.05) is 30.7 Å². The van der Waals surface area contributed by atoms with Crippen LogP contribution < -0.4 is 5.32 Å². The molecular formula is C12H14N2O5. The molecule has 0 aliphatic rings. The summed E-state index contributed by atoms with van der Waals surface area (Å²) in [5.41, 5.74) is 0.0750. The summed E-state index contributed by atoms with van der Waals surface area (Å²) in [6.45, 7) is 0.342. The first-order valence-corrected chi connectivity index (χ1v) is 5.75. The fraction of sp³-hybridized carbons (Fsp3) is 0.333. The molecule has 0 aliphatic carbocycles. The fourth-order valence-electron chi connectivity index (χ4n) is 1.47. The van der Waals surface area contributed by atoms with Crippen molar-refractivity contribution >= 4 is 17.6 Å². The number of carboxylic acid groups (broad SMARTS) is 1. The third-order valence-corrected chi connectivity index (χ3v) is 2.42. The van der Waals surface area contributed by atoms with Gasteiger partial charge in [-0.05, 0) is 18.9 Å². The molecule has 2 N–H and O–H groups in total. The van der Waals surface area contributed by atoms with Crippen LogP contribution in [-0.4, -0.2) is 28.5 Å². The molecule has 0 heterocycles. The van der Waals surface area contributed by atoms with Gasteiger partial charge in [0.15, 0.2) is 0 Å². The zero-order chi connectivity index (χ0) is 14.3. The summed E-state index contributed by atoms with van der Waals surface area (Å²) >= 11 is 0. The molecule has 0 radical (unpaired) electrons. The first kappa shape index (κ1) is 14.6.